The maximum Gasteiger partial charge on any atom is 0.303 e. The monoisotopic (exact) mass is 592 g/mol. The second-order valence-electron chi connectivity index (χ2n) is 13.5. The second kappa shape index (κ2) is 14.7. The molecule has 0 saturated carbocycles. The first-order valence-corrected chi connectivity index (χ1v) is 17.6. The van der Waals surface area contributed by atoms with Crippen LogP contribution >= 0.6 is 0 Å². The van der Waals surface area contributed by atoms with E-state index in [0.29, 0.717) is 29.7 Å². The second-order valence-corrected chi connectivity index (χ2v) is 19.0. The molecule has 1 aliphatic carbocycles. The molecule has 8 heteroatoms. The number of terminal acetylenes is 1. The number of allylic oxidation sites excluding steroid dienone is 1. The summed E-state index contributed by atoms with van der Waals surface area (Å²) < 4.78 is 24.5. The van der Waals surface area contributed by atoms with E-state index in [-0.39, 0.29) is 42.8 Å². The zero-order valence-corrected chi connectivity index (χ0v) is 28.4. The van der Waals surface area contributed by atoms with Gasteiger partial charge in [0.05, 0.1) is 18.8 Å². The van der Waals surface area contributed by atoms with Crippen LogP contribution in [0.5, 0.6) is 0 Å². The van der Waals surface area contributed by atoms with Crippen molar-refractivity contribution in [2.75, 3.05) is 13.2 Å². The number of ether oxygens (including phenoxy) is 3. The molecule has 1 saturated heterocycles. The Hall–Kier alpha value is -1.66. The molecule has 0 amide bonds. The Morgan fingerprint density at radius 2 is 1.71 bits per heavy atom. The zero-order chi connectivity index (χ0) is 31.3. The standard InChI is InChI=1S/C33H56O7Si/c1-13-14-28-30-23(8)15-16-27(24(9)19-38-41(20(2)3,21(4)5)22(6)7)31(30)32(40-28)33(12,36)29(39-26(11)35)17-18-37-25(10)34/h1,15,20-22,24,27-32,36H,14,16-19H2,2-12H3/t24-,27-,28-,29+,30-,31-,32-,33-/m1/s1. The summed E-state index contributed by atoms with van der Waals surface area (Å²) in [7, 11) is -2.06. The first-order chi connectivity index (χ1) is 19.0. The molecule has 8 atom stereocenters. The summed E-state index contributed by atoms with van der Waals surface area (Å²) in [6.07, 6.45) is 7.70. The van der Waals surface area contributed by atoms with Gasteiger partial charge < -0.3 is 23.7 Å². The molecule has 0 bridgehead atoms. The van der Waals surface area contributed by atoms with Gasteiger partial charge in [-0.2, -0.15) is 0 Å². The molecular formula is C33H56O7Si. The molecule has 2 aliphatic rings. The molecule has 0 aromatic rings. The van der Waals surface area contributed by atoms with Crippen molar-refractivity contribution in [1.82, 2.24) is 0 Å². The number of fused-ring (bicyclic) bond motifs is 1. The average Bonchev–Trinajstić information content (AvgIpc) is 3.24. The normalized spacial score (nSPS) is 27.6. The third-order valence-corrected chi connectivity index (χ3v) is 15.9. The van der Waals surface area contributed by atoms with Crippen molar-refractivity contribution < 1.29 is 33.3 Å². The number of rotatable bonds is 14. The summed E-state index contributed by atoms with van der Waals surface area (Å²) in [4.78, 5) is 23.5. The minimum Gasteiger partial charge on any atom is -0.466 e. The van der Waals surface area contributed by atoms with Gasteiger partial charge in [-0.15, -0.1) is 12.3 Å². The summed E-state index contributed by atoms with van der Waals surface area (Å²) in [6, 6.07) is 0. The fourth-order valence-corrected chi connectivity index (χ4v) is 13.5. The van der Waals surface area contributed by atoms with Gasteiger partial charge >= 0.3 is 11.9 Å². The molecule has 1 N–H and O–H groups in total. The zero-order valence-electron chi connectivity index (χ0n) is 27.4. The quantitative estimate of drug-likeness (QED) is 0.107. The van der Waals surface area contributed by atoms with Crippen LogP contribution in [-0.4, -0.2) is 62.5 Å². The van der Waals surface area contributed by atoms with Gasteiger partial charge in [-0.3, -0.25) is 9.59 Å². The number of hydrogen-bond donors (Lipinski definition) is 1. The van der Waals surface area contributed by atoms with Crippen LogP contribution in [0.25, 0.3) is 0 Å². The predicted molar refractivity (Wildman–Crippen MR) is 165 cm³/mol. The van der Waals surface area contributed by atoms with Crippen molar-refractivity contribution in [3.05, 3.63) is 11.6 Å². The highest BCUT2D eigenvalue weighted by molar-refractivity contribution is 6.77. The largest absolute Gasteiger partial charge is 0.466 e. The molecule has 0 aromatic heterocycles. The maximum absolute atomic E-state index is 12.1. The number of carbonyl (C=O) groups is 2. The molecule has 234 valence electrons. The first-order valence-electron chi connectivity index (χ1n) is 15.4. The fourth-order valence-electron chi connectivity index (χ4n) is 8.00. The van der Waals surface area contributed by atoms with Crippen LogP contribution in [0.1, 0.15) is 95.4 Å². The van der Waals surface area contributed by atoms with Crippen LogP contribution < -0.4 is 0 Å². The van der Waals surface area contributed by atoms with Crippen molar-refractivity contribution >= 4 is 20.3 Å². The Balaban J connectivity index is 2.47. The Kier molecular flexibility index (Phi) is 12.7. The molecule has 1 aliphatic heterocycles. The summed E-state index contributed by atoms with van der Waals surface area (Å²) in [5, 5.41) is 12.1. The molecule has 0 aromatic carbocycles. The van der Waals surface area contributed by atoms with Gasteiger partial charge in [0.1, 0.15) is 11.7 Å². The van der Waals surface area contributed by atoms with Gasteiger partial charge in [0.2, 0.25) is 0 Å². The lowest BCUT2D eigenvalue weighted by Gasteiger charge is -2.46. The smallest absolute Gasteiger partial charge is 0.303 e. The van der Waals surface area contributed by atoms with Crippen molar-refractivity contribution in [1.29, 1.82) is 0 Å². The van der Waals surface area contributed by atoms with E-state index in [1.807, 2.05) is 0 Å². The first kappa shape index (κ1) is 35.5. The van der Waals surface area contributed by atoms with Crippen molar-refractivity contribution in [3.63, 3.8) is 0 Å². The minimum atomic E-state index is -2.06. The summed E-state index contributed by atoms with van der Waals surface area (Å²) in [6.45, 7) is 23.2. The molecule has 0 radical (unpaired) electrons. The molecule has 0 spiro atoms. The third-order valence-electron chi connectivity index (χ3n) is 9.79. The van der Waals surface area contributed by atoms with Crippen LogP contribution in [0.3, 0.4) is 0 Å². The molecular weight excluding hydrogens is 536 g/mol. The van der Waals surface area contributed by atoms with E-state index in [1.54, 1.807) is 6.92 Å². The fraction of sp³-hybridized carbons (Fsp3) is 0.818. The van der Waals surface area contributed by atoms with E-state index < -0.39 is 38.1 Å². The molecule has 1 heterocycles. The van der Waals surface area contributed by atoms with Gasteiger partial charge in [0, 0.05) is 45.1 Å². The Labute approximate surface area is 250 Å². The Bertz CT molecular complexity index is 941. The van der Waals surface area contributed by atoms with Gasteiger partial charge in [-0.05, 0) is 48.7 Å². The van der Waals surface area contributed by atoms with Gasteiger partial charge in [-0.25, -0.2) is 0 Å². The lowest BCUT2D eigenvalue weighted by Crippen LogP contribution is -2.56. The van der Waals surface area contributed by atoms with E-state index in [1.165, 1.54) is 19.4 Å². The highest BCUT2D eigenvalue weighted by Crippen LogP contribution is 2.53. The van der Waals surface area contributed by atoms with Gasteiger partial charge in [0.15, 0.2) is 8.32 Å². The van der Waals surface area contributed by atoms with Crippen LogP contribution in [0.2, 0.25) is 16.6 Å². The van der Waals surface area contributed by atoms with Crippen molar-refractivity contribution in [2.45, 2.75) is 136 Å². The van der Waals surface area contributed by atoms with Crippen LogP contribution in [0.15, 0.2) is 11.6 Å². The Morgan fingerprint density at radius 1 is 1.12 bits per heavy atom. The van der Waals surface area contributed by atoms with E-state index in [4.69, 9.17) is 25.1 Å². The molecule has 2 rings (SSSR count). The average molecular weight is 593 g/mol. The highest BCUT2D eigenvalue weighted by atomic mass is 28.4. The number of carbonyl (C=O) groups excluding carboxylic acids is 2. The number of hydrogen-bond acceptors (Lipinski definition) is 7. The van der Waals surface area contributed by atoms with Gasteiger partial charge in [0.25, 0.3) is 0 Å². The maximum atomic E-state index is 12.1. The lowest BCUT2D eigenvalue weighted by molar-refractivity contribution is -0.193. The van der Waals surface area contributed by atoms with E-state index >= 15 is 0 Å². The van der Waals surface area contributed by atoms with E-state index in [2.05, 4.69) is 67.4 Å². The number of esters is 2. The van der Waals surface area contributed by atoms with Crippen LogP contribution in [0.4, 0.5) is 0 Å². The molecule has 7 nitrogen and oxygen atoms in total. The molecule has 41 heavy (non-hydrogen) atoms. The van der Waals surface area contributed by atoms with Crippen molar-refractivity contribution in [3.8, 4) is 12.3 Å². The molecule has 1 fully saturated rings. The van der Waals surface area contributed by atoms with Gasteiger partial charge in [-0.1, -0.05) is 60.1 Å². The van der Waals surface area contributed by atoms with Crippen LogP contribution in [0, 0.1) is 36.0 Å². The Morgan fingerprint density at radius 3 is 2.20 bits per heavy atom. The summed E-state index contributed by atoms with van der Waals surface area (Å²) in [5.41, 5.74) is 1.14. The van der Waals surface area contributed by atoms with Crippen molar-refractivity contribution in [2.24, 2.45) is 23.7 Å². The highest BCUT2D eigenvalue weighted by Gasteiger charge is 2.59. The summed E-state index contributed by atoms with van der Waals surface area (Å²) in [5.74, 6) is 2.20. The minimum absolute atomic E-state index is 0.0248. The SMILES string of the molecule is C#CC[C@H]1O[C@@H]([C@](C)(O)[C@H](CCOC(C)=O)OC(C)=O)[C@@H]2[C@@H]([C@H](C)CO[Si](C(C)C)(C(C)C)C(C)C)CC=C(C)[C@@H]21. The third kappa shape index (κ3) is 7.84. The number of aliphatic hydroxyl groups is 1. The lowest BCUT2D eigenvalue weighted by atomic mass is 9.63. The molecule has 0 unspecified atom stereocenters. The predicted octanol–water partition coefficient (Wildman–Crippen LogP) is 6.44. The van der Waals surface area contributed by atoms with E-state index in [0.717, 1.165) is 6.42 Å². The summed E-state index contributed by atoms with van der Waals surface area (Å²) >= 11 is 0. The topological polar surface area (TPSA) is 91.3 Å². The van der Waals surface area contributed by atoms with E-state index in [9.17, 15) is 14.7 Å². The van der Waals surface area contributed by atoms with Crippen LogP contribution in [-0.2, 0) is 28.2 Å².